The molecular formula is C17H13Cl2NO4. The standard InChI is InChI=1S/C17H13Cl2NO4/c1-8-3-6-12(24-8)15(21)13-14(20(2)17(23)16(13)22)9-4-5-10(18)11(19)7-9/h3-7,14,22H,1-2H3. The van der Waals surface area contributed by atoms with E-state index in [0.717, 1.165) is 0 Å². The first-order chi connectivity index (χ1) is 11.3. The predicted molar refractivity (Wildman–Crippen MR) is 89.4 cm³/mol. The number of Topliss-reactive ketones (excluding diaryl/α,β-unsaturated/α-hetero) is 1. The fraction of sp³-hybridized carbons (Fsp3) is 0.176. The summed E-state index contributed by atoms with van der Waals surface area (Å²) >= 11 is 12.0. The van der Waals surface area contributed by atoms with Crippen LogP contribution in [0, 0.1) is 6.92 Å². The molecule has 3 rings (SSSR count). The highest BCUT2D eigenvalue weighted by Crippen LogP contribution is 2.39. The summed E-state index contributed by atoms with van der Waals surface area (Å²) in [4.78, 5) is 26.2. The van der Waals surface area contributed by atoms with Crippen molar-refractivity contribution in [3.63, 3.8) is 0 Å². The third-order valence-electron chi connectivity index (χ3n) is 3.91. The third-order valence-corrected chi connectivity index (χ3v) is 4.65. The van der Waals surface area contributed by atoms with Gasteiger partial charge in [0.05, 0.1) is 21.7 Å². The molecule has 1 aromatic heterocycles. The van der Waals surface area contributed by atoms with Gasteiger partial charge in [-0.25, -0.2) is 0 Å². The lowest BCUT2D eigenvalue weighted by molar-refractivity contribution is -0.128. The van der Waals surface area contributed by atoms with E-state index >= 15 is 0 Å². The monoisotopic (exact) mass is 365 g/mol. The topological polar surface area (TPSA) is 70.8 Å². The lowest BCUT2D eigenvalue weighted by Crippen LogP contribution is -2.26. The maximum Gasteiger partial charge on any atom is 0.289 e. The number of aryl methyl sites for hydroxylation is 1. The number of aliphatic hydroxyl groups is 1. The van der Waals surface area contributed by atoms with E-state index in [-0.39, 0.29) is 11.3 Å². The molecule has 1 aliphatic rings. The van der Waals surface area contributed by atoms with Crippen LogP contribution in [-0.4, -0.2) is 28.7 Å². The molecule has 2 aromatic rings. The molecule has 124 valence electrons. The number of carbonyl (C=O) groups is 2. The molecule has 0 spiro atoms. The maximum atomic E-state index is 12.7. The smallest absolute Gasteiger partial charge is 0.289 e. The van der Waals surface area contributed by atoms with Crippen LogP contribution in [0.2, 0.25) is 10.0 Å². The van der Waals surface area contributed by atoms with Gasteiger partial charge in [0.1, 0.15) is 5.76 Å². The van der Waals surface area contributed by atoms with Crippen molar-refractivity contribution in [2.75, 3.05) is 7.05 Å². The molecule has 1 N–H and O–H groups in total. The van der Waals surface area contributed by atoms with E-state index in [2.05, 4.69) is 0 Å². The van der Waals surface area contributed by atoms with Crippen molar-refractivity contribution in [3.05, 3.63) is 68.8 Å². The van der Waals surface area contributed by atoms with Gasteiger partial charge in [0, 0.05) is 7.05 Å². The molecule has 24 heavy (non-hydrogen) atoms. The van der Waals surface area contributed by atoms with Crippen molar-refractivity contribution in [1.29, 1.82) is 0 Å². The zero-order chi connectivity index (χ0) is 17.6. The summed E-state index contributed by atoms with van der Waals surface area (Å²) in [6.07, 6.45) is 0. The largest absolute Gasteiger partial charge is 0.503 e. The number of rotatable bonds is 3. The Morgan fingerprint density at radius 3 is 2.50 bits per heavy atom. The van der Waals surface area contributed by atoms with Crippen LogP contribution in [0.4, 0.5) is 0 Å². The molecular weight excluding hydrogens is 353 g/mol. The minimum atomic E-state index is -0.773. The molecule has 0 fully saturated rings. The lowest BCUT2D eigenvalue weighted by Gasteiger charge is -2.22. The average molecular weight is 366 g/mol. The Hall–Kier alpha value is -2.24. The van der Waals surface area contributed by atoms with Gasteiger partial charge in [0.25, 0.3) is 5.91 Å². The summed E-state index contributed by atoms with van der Waals surface area (Å²) in [6, 6.07) is 7.17. The second kappa shape index (κ2) is 6.00. The Labute approximate surface area is 148 Å². The summed E-state index contributed by atoms with van der Waals surface area (Å²) in [5.74, 6) is -1.16. The summed E-state index contributed by atoms with van der Waals surface area (Å²) in [7, 11) is 1.50. The summed E-state index contributed by atoms with van der Waals surface area (Å²) < 4.78 is 5.33. The number of amides is 1. The molecule has 1 aliphatic heterocycles. The van der Waals surface area contributed by atoms with E-state index in [1.54, 1.807) is 31.2 Å². The molecule has 0 aliphatic carbocycles. The molecule has 1 atom stereocenters. The number of carbonyl (C=O) groups excluding carboxylic acids is 2. The number of benzene rings is 1. The maximum absolute atomic E-state index is 12.7. The highest BCUT2D eigenvalue weighted by Gasteiger charge is 2.42. The lowest BCUT2D eigenvalue weighted by atomic mass is 9.95. The van der Waals surface area contributed by atoms with Crippen LogP contribution in [0.5, 0.6) is 0 Å². The Balaban J connectivity index is 2.11. The van der Waals surface area contributed by atoms with Crippen molar-refractivity contribution < 1.29 is 19.1 Å². The first-order valence-electron chi connectivity index (χ1n) is 7.07. The van der Waals surface area contributed by atoms with Crippen LogP contribution >= 0.6 is 23.2 Å². The van der Waals surface area contributed by atoms with E-state index < -0.39 is 23.5 Å². The highest BCUT2D eigenvalue weighted by molar-refractivity contribution is 6.42. The minimum Gasteiger partial charge on any atom is -0.503 e. The van der Waals surface area contributed by atoms with Crippen LogP contribution in [0.1, 0.15) is 27.9 Å². The summed E-state index contributed by atoms with van der Waals surface area (Å²) in [5.41, 5.74) is 0.520. The fourth-order valence-corrected chi connectivity index (χ4v) is 3.02. The first kappa shape index (κ1) is 16.6. The van der Waals surface area contributed by atoms with E-state index in [9.17, 15) is 14.7 Å². The first-order valence-corrected chi connectivity index (χ1v) is 7.83. The molecule has 1 aromatic carbocycles. The van der Waals surface area contributed by atoms with Gasteiger partial charge < -0.3 is 14.4 Å². The van der Waals surface area contributed by atoms with Crippen molar-refractivity contribution in [2.24, 2.45) is 0 Å². The number of furan rings is 1. The Morgan fingerprint density at radius 2 is 1.92 bits per heavy atom. The molecule has 1 unspecified atom stereocenters. The SMILES string of the molecule is Cc1ccc(C(=O)C2=C(O)C(=O)N(C)C2c2ccc(Cl)c(Cl)c2)o1. The van der Waals surface area contributed by atoms with Gasteiger partial charge in [-0.05, 0) is 36.8 Å². The van der Waals surface area contributed by atoms with E-state index in [1.165, 1.54) is 18.0 Å². The number of likely N-dealkylation sites (N-methyl/N-ethyl adjacent to an activating group) is 1. The Morgan fingerprint density at radius 1 is 1.21 bits per heavy atom. The zero-order valence-corrected chi connectivity index (χ0v) is 14.4. The number of hydrogen-bond donors (Lipinski definition) is 1. The van der Waals surface area contributed by atoms with E-state index in [1.807, 2.05) is 0 Å². The van der Waals surface area contributed by atoms with Crippen LogP contribution in [0.3, 0.4) is 0 Å². The summed E-state index contributed by atoms with van der Waals surface area (Å²) in [6.45, 7) is 1.70. The van der Waals surface area contributed by atoms with E-state index in [0.29, 0.717) is 21.4 Å². The number of aliphatic hydroxyl groups excluding tert-OH is 1. The van der Waals surface area contributed by atoms with Crippen molar-refractivity contribution >= 4 is 34.9 Å². The van der Waals surface area contributed by atoms with Crippen molar-refractivity contribution in [1.82, 2.24) is 4.90 Å². The normalized spacial score (nSPS) is 17.8. The number of nitrogens with zero attached hydrogens (tertiary/aromatic N) is 1. The molecule has 0 radical (unpaired) electrons. The predicted octanol–water partition coefficient (Wildman–Crippen LogP) is 4.10. The average Bonchev–Trinajstić information content (AvgIpc) is 3.07. The summed E-state index contributed by atoms with van der Waals surface area (Å²) in [5, 5.41) is 10.8. The third kappa shape index (κ3) is 2.60. The van der Waals surface area contributed by atoms with Crippen LogP contribution in [0.15, 0.2) is 46.1 Å². The van der Waals surface area contributed by atoms with Gasteiger partial charge in [-0.2, -0.15) is 0 Å². The Kier molecular flexibility index (Phi) is 4.15. The van der Waals surface area contributed by atoms with Gasteiger partial charge in [-0.1, -0.05) is 29.3 Å². The minimum absolute atomic E-state index is 0.0461. The van der Waals surface area contributed by atoms with E-state index in [4.69, 9.17) is 27.6 Å². The second-order valence-electron chi connectivity index (χ2n) is 5.49. The highest BCUT2D eigenvalue weighted by atomic mass is 35.5. The van der Waals surface area contributed by atoms with Gasteiger partial charge in [0.2, 0.25) is 5.78 Å². The Bertz CT molecular complexity index is 884. The molecule has 1 amide bonds. The van der Waals surface area contributed by atoms with Gasteiger partial charge in [-0.15, -0.1) is 0 Å². The second-order valence-corrected chi connectivity index (χ2v) is 6.31. The number of halogens is 2. The van der Waals surface area contributed by atoms with Crippen molar-refractivity contribution in [2.45, 2.75) is 13.0 Å². The zero-order valence-electron chi connectivity index (χ0n) is 12.8. The van der Waals surface area contributed by atoms with Crippen molar-refractivity contribution in [3.8, 4) is 0 Å². The quantitative estimate of drug-likeness (QED) is 0.831. The molecule has 2 heterocycles. The molecule has 0 bridgehead atoms. The van der Waals surface area contributed by atoms with Gasteiger partial charge in [-0.3, -0.25) is 9.59 Å². The van der Waals surface area contributed by atoms with Crippen LogP contribution in [-0.2, 0) is 4.79 Å². The number of ketones is 1. The molecule has 0 saturated heterocycles. The molecule has 0 saturated carbocycles. The fourth-order valence-electron chi connectivity index (χ4n) is 2.72. The molecule has 5 nitrogen and oxygen atoms in total. The van der Waals surface area contributed by atoms with Crippen LogP contribution < -0.4 is 0 Å². The van der Waals surface area contributed by atoms with Gasteiger partial charge in [0.15, 0.2) is 11.5 Å². The number of hydrogen-bond acceptors (Lipinski definition) is 4. The molecule has 7 heteroatoms. The van der Waals surface area contributed by atoms with Crippen LogP contribution in [0.25, 0.3) is 0 Å². The van der Waals surface area contributed by atoms with Gasteiger partial charge >= 0.3 is 0 Å².